The van der Waals surface area contributed by atoms with Crippen LogP contribution >= 0.6 is 8.25 Å². The first-order valence-corrected chi connectivity index (χ1v) is 15.2. The molecule has 1 fully saturated rings. The molecule has 0 saturated carbocycles. The van der Waals surface area contributed by atoms with E-state index >= 15 is 0 Å². The second kappa shape index (κ2) is 10.1. The fraction of sp³-hybridized carbons (Fsp3) is 0.700. The molecule has 1 aliphatic rings. The Morgan fingerprint density at radius 1 is 1.40 bits per heavy atom. The van der Waals surface area contributed by atoms with Gasteiger partial charge in [-0.15, -0.1) is 4.52 Å². The maximum Gasteiger partial charge on any atom is 0.489 e. The highest BCUT2D eigenvalue weighted by Gasteiger charge is 2.54. The van der Waals surface area contributed by atoms with Gasteiger partial charge in [0.2, 0.25) is 11.9 Å². The Labute approximate surface area is 204 Å². The molecule has 1 unspecified atom stereocenters. The Morgan fingerprint density at radius 3 is 2.60 bits per heavy atom. The molecular weight excluding hydrogens is 497 g/mol. The molecular formula is C20H32N5O8PSi. The first-order chi connectivity index (χ1) is 16.2. The van der Waals surface area contributed by atoms with E-state index in [0.29, 0.717) is 0 Å². The van der Waals surface area contributed by atoms with E-state index in [2.05, 4.69) is 20.3 Å². The van der Waals surface area contributed by atoms with Crippen molar-refractivity contribution in [2.75, 3.05) is 11.9 Å². The molecule has 1 aliphatic heterocycles. The molecule has 2 aromatic rings. The number of nitrogens with one attached hydrogen (secondary N) is 2. The van der Waals surface area contributed by atoms with Gasteiger partial charge in [0.1, 0.15) is 12.2 Å². The number of nitrogens with zero attached hydrogens (tertiary/aromatic N) is 3. The second-order valence-electron chi connectivity index (χ2n) is 10.3. The topological polar surface area (TPSA) is 181 Å². The van der Waals surface area contributed by atoms with Crippen molar-refractivity contribution in [2.45, 2.75) is 77.3 Å². The standard InChI is InChI=1S/C20H32N5O8PSi/c1-10(2)16(27)23-19-22-15-12(17(28)24-19)21-9-25(15)18-14(32-34(29)30)13(11(8-26)31-18)33-35(6,7)20(3,4)5/h9-11,13-14,18,26H,8H2,1-7H3,(H2,22,23,24,27,28)/t11-,13-,14-,18-/m1/s1. The van der Waals surface area contributed by atoms with Gasteiger partial charge in [-0.25, -0.2) is 4.98 Å². The summed E-state index contributed by atoms with van der Waals surface area (Å²) < 4.78 is 30.6. The molecule has 1 amide bonds. The average Bonchev–Trinajstić information content (AvgIpc) is 3.28. The number of ether oxygens (including phenoxy) is 1. The van der Waals surface area contributed by atoms with E-state index < -0.39 is 53.3 Å². The predicted octanol–water partition coefficient (Wildman–Crippen LogP) is 1.40. The van der Waals surface area contributed by atoms with Crippen LogP contribution in [-0.4, -0.2) is 63.8 Å². The molecule has 13 nitrogen and oxygen atoms in total. The van der Waals surface area contributed by atoms with E-state index in [1.165, 1.54) is 10.9 Å². The minimum absolute atomic E-state index is 0.0391. The molecule has 194 valence electrons. The Morgan fingerprint density at radius 2 is 2.06 bits per heavy atom. The van der Waals surface area contributed by atoms with Crippen molar-refractivity contribution in [1.29, 1.82) is 0 Å². The molecule has 35 heavy (non-hydrogen) atoms. The lowest BCUT2D eigenvalue weighted by Crippen LogP contribution is -2.50. The lowest BCUT2D eigenvalue weighted by molar-refractivity contribution is -0.194. The molecule has 15 heteroatoms. The summed E-state index contributed by atoms with van der Waals surface area (Å²) in [5.41, 5.74) is -0.612. The van der Waals surface area contributed by atoms with Gasteiger partial charge >= 0.3 is 8.25 Å². The predicted molar refractivity (Wildman–Crippen MR) is 127 cm³/mol. The van der Waals surface area contributed by atoms with Crippen LogP contribution in [0.4, 0.5) is 5.95 Å². The number of H-pyrrole nitrogens is 1. The minimum atomic E-state index is -3.31. The molecule has 0 radical (unpaired) electrons. The fourth-order valence-corrected chi connectivity index (χ4v) is 5.13. The summed E-state index contributed by atoms with van der Waals surface area (Å²) in [5, 5.41) is 12.3. The number of amides is 1. The third kappa shape index (κ3) is 5.69. The van der Waals surface area contributed by atoms with Crippen LogP contribution in [0.5, 0.6) is 0 Å². The zero-order chi connectivity index (χ0) is 26.3. The number of aromatic amines is 1. The lowest BCUT2D eigenvalue weighted by Gasteiger charge is -2.39. The highest BCUT2D eigenvalue weighted by atomic mass is 31.1. The number of hydrogen-bond acceptors (Lipinski definition) is 10. The molecule has 1 saturated heterocycles. The fourth-order valence-electron chi connectivity index (χ4n) is 3.38. The first kappa shape index (κ1) is 27.5. The highest BCUT2D eigenvalue weighted by molar-refractivity contribution is 7.30. The quantitative estimate of drug-likeness (QED) is 0.334. The van der Waals surface area contributed by atoms with Crippen molar-refractivity contribution in [3.63, 3.8) is 0 Å². The van der Waals surface area contributed by atoms with Crippen LogP contribution in [0.3, 0.4) is 0 Å². The first-order valence-electron chi connectivity index (χ1n) is 11.2. The minimum Gasteiger partial charge on any atom is -0.566 e. The SMILES string of the molecule is CC(C)C(=O)Nc1nc2c(ncn2[C@@H]2O[C@H](CO)[C@@H](O[Si](C)(C)C(C)(C)C)[C@H]2O[P+](=O)[O-])c(=O)[nH]1. The molecule has 0 aromatic carbocycles. The maximum absolute atomic E-state index is 12.6. The van der Waals surface area contributed by atoms with Gasteiger partial charge in [-0.1, -0.05) is 34.6 Å². The van der Waals surface area contributed by atoms with Crippen molar-refractivity contribution in [1.82, 2.24) is 19.5 Å². The van der Waals surface area contributed by atoms with Gasteiger partial charge in [0.05, 0.1) is 12.9 Å². The number of carbonyl (C=O) groups excluding carboxylic acids is 1. The van der Waals surface area contributed by atoms with Crippen LogP contribution in [0.15, 0.2) is 11.1 Å². The number of hydrogen-bond donors (Lipinski definition) is 3. The maximum atomic E-state index is 12.6. The van der Waals surface area contributed by atoms with Gasteiger partial charge in [0.15, 0.2) is 31.8 Å². The Kier molecular flexibility index (Phi) is 7.96. The van der Waals surface area contributed by atoms with Crippen molar-refractivity contribution < 1.29 is 33.0 Å². The molecule has 0 spiro atoms. The smallest absolute Gasteiger partial charge is 0.489 e. The lowest BCUT2D eigenvalue weighted by atomic mass is 10.1. The largest absolute Gasteiger partial charge is 0.566 e. The van der Waals surface area contributed by atoms with Crippen molar-refractivity contribution in [3.05, 3.63) is 16.7 Å². The number of rotatable bonds is 8. The Hall–Kier alpha value is -2.06. The number of anilines is 1. The van der Waals surface area contributed by atoms with Crippen LogP contribution < -0.4 is 15.8 Å². The second-order valence-corrected chi connectivity index (χ2v) is 15.7. The van der Waals surface area contributed by atoms with Gasteiger partial charge in [-0.2, -0.15) is 4.98 Å². The van der Waals surface area contributed by atoms with Crippen LogP contribution in [0.1, 0.15) is 40.8 Å². The number of aromatic nitrogens is 4. The molecule has 5 atom stereocenters. The number of fused-ring (bicyclic) bond motifs is 1. The van der Waals surface area contributed by atoms with Gasteiger partial charge in [0.25, 0.3) is 5.56 Å². The summed E-state index contributed by atoms with van der Waals surface area (Å²) in [6.45, 7) is 13.0. The highest BCUT2D eigenvalue weighted by Crippen LogP contribution is 2.43. The van der Waals surface area contributed by atoms with Gasteiger partial charge in [-0.05, 0) is 22.7 Å². The van der Waals surface area contributed by atoms with Crippen molar-refractivity contribution in [3.8, 4) is 0 Å². The summed E-state index contributed by atoms with van der Waals surface area (Å²) in [7, 11) is -5.76. The summed E-state index contributed by atoms with van der Waals surface area (Å²) in [4.78, 5) is 47.2. The average molecular weight is 530 g/mol. The van der Waals surface area contributed by atoms with E-state index in [1.807, 2.05) is 33.9 Å². The van der Waals surface area contributed by atoms with Gasteiger partial charge in [0, 0.05) is 5.92 Å². The van der Waals surface area contributed by atoms with E-state index in [4.69, 9.17) is 13.7 Å². The van der Waals surface area contributed by atoms with E-state index in [1.54, 1.807) is 13.8 Å². The molecule has 3 rings (SSSR count). The third-order valence-corrected chi connectivity index (χ3v) is 11.3. The van der Waals surface area contributed by atoms with E-state index in [0.717, 1.165) is 0 Å². The molecule has 0 bridgehead atoms. The molecule has 2 aromatic heterocycles. The third-order valence-electron chi connectivity index (χ3n) is 6.38. The number of aliphatic hydroxyl groups is 1. The number of carbonyl (C=O) groups is 1. The molecule has 3 N–H and O–H groups in total. The summed E-state index contributed by atoms with van der Waals surface area (Å²) >= 11 is 0. The van der Waals surface area contributed by atoms with E-state index in [-0.39, 0.29) is 34.0 Å². The normalized spacial score (nSPS) is 23.8. The Bertz CT molecular complexity index is 1160. The van der Waals surface area contributed by atoms with Gasteiger partial charge < -0.3 is 19.2 Å². The summed E-state index contributed by atoms with van der Waals surface area (Å²) in [5.74, 6) is -0.812. The van der Waals surface area contributed by atoms with E-state index in [9.17, 15) is 24.2 Å². The van der Waals surface area contributed by atoms with Crippen molar-refractivity contribution >= 4 is 39.6 Å². The number of imidazole rings is 1. The number of aliphatic hydroxyl groups excluding tert-OH is 1. The van der Waals surface area contributed by atoms with Crippen LogP contribution in [-0.2, 0) is 23.0 Å². The summed E-state index contributed by atoms with van der Waals surface area (Å²) in [6.07, 6.45) is -2.88. The van der Waals surface area contributed by atoms with Crippen LogP contribution in [0.25, 0.3) is 11.2 Å². The molecule has 0 aliphatic carbocycles. The zero-order valence-corrected chi connectivity index (χ0v) is 22.7. The zero-order valence-electron chi connectivity index (χ0n) is 20.8. The molecule has 3 heterocycles. The summed E-state index contributed by atoms with van der Waals surface area (Å²) in [6, 6.07) is 0. The van der Waals surface area contributed by atoms with Crippen LogP contribution in [0, 0.1) is 5.92 Å². The van der Waals surface area contributed by atoms with Crippen molar-refractivity contribution in [2.24, 2.45) is 5.92 Å². The van der Waals surface area contributed by atoms with Gasteiger partial charge in [-0.3, -0.25) is 24.5 Å². The Balaban J connectivity index is 2.07. The van der Waals surface area contributed by atoms with Crippen LogP contribution in [0.2, 0.25) is 18.1 Å². The monoisotopic (exact) mass is 529 g/mol.